The van der Waals surface area contributed by atoms with Crippen molar-refractivity contribution in [2.45, 2.75) is 20.0 Å². The molecule has 0 radical (unpaired) electrons. The van der Waals surface area contributed by atoms with Gasteiger partial charge in [-0.05, 0) is 17.2 Å². The van der Waals surface area contributed by atoms with Gasteiger partial charge in [-0.3, -0.25) is 9.59 Å². The van der Waals surface area contributed by atoms with E-state index in [0.29, 0.717) is 0 Å². The highest BCUT2D eigenvalue weighted by atomic mass is 35.5. The average molecular weight is 241 g/mol. The first-order valence-corrected chi connectivity index (χ1v) is 5.36. The van der Waals surface area contributed by atoms with Crippen LogP contribution < -0.4 is 0 Å². The average Bonchev–Trinajstić information content (AvgIpc) is 2.27. The highest BCUT2D eigenvalue weighted by Gasteiger charge is 2.15. The fraction of sp³-hybridized carbons (Fsp3) is 0.333. The molecule has 4 heteroatoms. The smallest absolute Gasteiger partial charge is 0.306 e. The van der Waals surface area contributed by atoms with Crippen molar-refractivity contribution >= 4 is 22.8 Å². The number of halogens is 1. The third-order valence-electron chi connectivity index (χ3n) is 2.10. The highest BCUT2D eigenvalue weighted by Crippen LogP contribution is 2.09. The highest BCUT2D eigenvalue weighted by molar-refractivity contribution is 6.64. The minimum absolute atomic E-state index is 0.0230. The van der Waals surface area contributed by atoms with Crippen molar-refractivity contribution in [2.24, 2.45) is 5.92 Å². The van der Waals surface area contributed by atoms with Gasteiger partial charge in [0.1, 0.15) is 6.61 Å². The number of hydrogen-bond donors (Lipinski definition) is 0. The molecule has 0 aromatic heterocycles. The van der Waals surface area contributed by atoms with Crippen LogP contribution in [-0.2, 0) is 20.9 Å². The SMILES string of the molecule is CC(CC(=O)OCc1ccccc1)C(=O)Cl. The van der Waals surface area contributed by atoms with Crippen molar-refractivity contribution in [1.82, 2.24) is 0 Å². The number of ether oxygens (including phenoxy) is 1. The Kier molecular flexibility index (Phi) is 4.99. The summed E-state index contributed by atoms with van der Waals surface area (Å²) in [5.74, 6) is -0.907. The van der Waals surface area contributed by atoms with Crippen LogP contribution in [0.25, 0.3) is 0 Å². The topological polar surface area (TPSA) is 43.4 Å². The Morgan fingerprint density at radius 3 is 2.50 bits per heavy atom. The first-order valence-electron chi connectivity index (χ1n) is 4.98. The summed E-state index contributed by atoms with van der Waals surface area (Å²) in [5, 5.41) is -0.517. The molecule has 0 N–H and O–H groups in total. The molecule has 16 heavy (non-hydrogen) atoms. The maximum absolute atomic E-state index is 11.3. The maximum atomic E-state index is 11.3. The summed E-state index contributed by atoms with van der Waals surface area (Å²) in [6.07, 6.45) is 0.0230. The van der Waals surface area contributed by atoms with Crippen LogP contribution in [-0.4, -0.2) is 11.2 Å². The monoisotopic (exact) mass is 240 g/mol. The summed E-state index contributed by atoms with van der Waals surface area (Å²) < 4.78 is 5.00. The molecule has 1 aromatic rings. The Labute approximate surface area is 99.4 Å². The van der Waals surface area contributed by atoms with Crippen LogP contribution in [0.5, 0.6) is 0 Å². The van der Waals surface area contributed by atoms with Gasteiger partial charge in [0.2, 0.25) is 5.24 Å². The van der Waals surface area contributed by atoms with Crippen LogP contribution >= 0.6 is 11.6 Å². The largest absolute Gasteiger partial charge is 0.461 e. The Hall–Kier alpha value is -1.35. The van der Waals surface area contributed by atoms with Crippen LogP contribution in [0.15, 0.2) is 30.3 Å². The minimum atomic E-state index is -0.517. The summed E-state index contributed by atoms with van der Waals surface area (Å²) in [6, 6.07) is 9.36. The van der Waals surface area contributed by atoms with E-state index in [2.05, 4.69) is 0 Å². The van der Waals surface area contributed by atoms with Crippen molar-refractivity contribution in [3.63, 3.8) is 0 Å². The Morgan fingerprint density at radius 2 is 1.94 bits per heavy atom. The Morgan fingerprint density at radius 1 is 1.31 bits per heavy atom. The van der Waals surface area contributed by atoms with Crippen molar-refractivity contribution in [1.29, 1.82) is 0 Å². The quantitative estimate of drug-likeness (QED) is 0.587. The van der Waals surface area contributed by atoms with E-state index in [1.54, 1.807) is 6.92 Å². The molecule has 1 unspecified atom stereocenters. The molecular weight excluding hydrogens is 228 g/mol. The number of benzene rings is 1. The molecule has 0 fully saturated rings. The lowest BCUT2D eigenvalue weighted by atomic mass is 10.1. The minimum Gasteiger partial charge on any atom is -0.461 e. The van der Waals surface area contributed by atoms with E-state index in [4.69, 9.17) is 16.3 Å². The summed E-state index contributed by atoms with van der Waals surface area (Å²) in [4.78, 5) is 22.0. The van der Waals surface area contributed by atoms with Gasteiger partial charge >= 0.3 is 5.97 Å². The second kappa shape index (κ2) is 6.28. The molecule has 0 aliphatic carbocycles. The van der Waals surface area contributed by atoms with E-state index in [0.717, 1.165) is 5.56 Å². The van der Waals surface area contributed by atoms with E-state index in [1.807, 2.05) is 30.3 Å². The zero-order chi connectivity index (χ0) is 12.0. The van der Waals surface area contributed by atoms with Gasteiger partial charge in [0.25, 0.3) is 0 Å². The third kappa shape index (κ3) is 4.45. The van der Waals surface area contributed by atoms with Crippen LogP contribution in [0, 0.1) is 5.92 Å². The van der Waals surface area contributed by atoms with Gasteiger partial charge in [0.15, 0.2) is 0 Å². The molecule has 0 spiro atoms. The Balaban J connectivity index is 2.33. The fourth-order valence-corrected chi connectivity index (χ4v) is 1.20. The molecule has 3 nitrogen and oxygen atoms in total. The van der Waals surface area contributed by atoms with Gasteiger partial charge in [0.05, 0.1) is 6.42 Å². The second-order valence-electron chi connectivity index (χ2n) is 3.56. The van der Waals surface area contributed by atoms with Crippen LogP contribution in [0.2, 0.25) is 0 Å². The van der Waals surface area contributed by atoms with Gasteiger partial charge in [-0.1, -0.05) is 37.3 Å². The molecule has 0 aliphatic heterocycles. The first kappa shape index (κ1) is 12.7. The molecule has 86 valence electrons. The van der Waals surface area contributed by atoms with Crippen LogP contribution in [0.3, 0.4) is 0 Å². The number of rotatable bonds is 5. The number of carbonyl (C=O) groups excluding carboxylic acids is 2. The van der Waals surface area contributed by atoms with Crippen molar-refractivity contribution in [3.8, 4) is 0 Å². The summed E-state index contributed by atoms with van der Waals surface area (Å²) in [6.45, 7) is 1.82. The van der Waals surface area contributed by atoms with E-state index in [-0.39, 0.29) is 13.0 Å². The van der Waals surface area contributed by atoms with Gasteiger partial charge in [-0.2, -0.15) is 0 Å². The number of carbonyl (C=O) groups is 2. The zero-order valence-corrected chi connectivity index (χ0v) is 9.74. The van der Waals surface area contributed by atoms with Crippen molar-refractivity contribution in [3.05, 3.63) is 35.9 Å². The van der Waals surface area contributed by atoms with Gasteiger partial charge in [0, 0.05) is 5.92 Å². The summed E-state index contributed by atoms with van der Waals surface area (Å²) in [7, 11) is 0. The van der Waals surface area contributed by atoms with Crippen LogP contribution in [0.1, 0.15) is 18.9 Å². The predicted octanol–water partition coefficient (Wildman–Crippen LogP) is 2.52. The molecule has 0 bridgehead atoms. The summed E-state index contributed by atoms with van der Waals surface area (Å²) in [5.41, 5.74) is 0.917. The molecule has 1 rings (SSSR count). The second-order valence-corrected chi connectivity index (χ2v) is 3.93. The van der Waals surface area contributed by atoms with Crippen LogP contribution in [0.4, 0.5) is 0 Å². The van der Waals surface area contributed by atoms with E-state index < -0.39 is 17.1 Å². The molecular formula is C12H13ClO3. The van der Waals surface area contributed by atoms with E-state index >= 15 is 0 Å². The molecule has 0 aliphatic rings. The molecule has 0 saturated heterocycles. The summed E-state index contributed by atoms with van der Waals surface area (Å²) >= 11 is 5.24. The number of esters is 1. The lowest BCUT2D eigenvalue weighted by molar-refractivity contribution is -0.146. The predicted molar refractivity (Wildman–Crippen MR) is 60.9 cm³/mol. The van der Waals surface area contributed by atoms with E-state index in [9.17, 15) is 9.59 Å². The van der Waals surface area contributed by atoms with Crippen molar-refractivity contribution < 1.29 is 14.3 Å². The van der Waals surface area contributed by atoms with Crippen molar-refractivity contribution in [2.75, 3.05) is 0 Å². The standard InChI is InChI=1S/C12H13ClO3/c1-9(12(13)15)7-11(14)16-8-10-5-3-2-4-6-10/h2-6,9H,7-8H2,1H3. The third-order valence-corrected chi connectivity index (χ3v) is 2.48. The molecule has 1 aromatic carbocycles. The Bertz CT molecular complexity index is 362. The maximum Gasteiger partial charge on any atom is 0.306 e. The van der Waals surface area contributed by atoms with Gasteiger partial charge < -0.3 is 4.74 Å². The first-order chi connectivity index (χ1) is 7.59. The zero-order valence-electron chi connectivity index (χ0n) is 8.98. The lowest BCUT2D eigenvalue weighted by Crippen LogP contribution is -2.13. The molecule has 0 saturated carbocycles. The number of hydrogen-bond acceptors (Lipinski definition) is 3. The molecule has 0 amide bonds. The van der Waals surface area contributed by atoms with E-state index in [1.165, 1.54) is 0 Å². The normalized spacial score (nSPS) is 11.9. The lowest BCUT2D eigenvalue weighted by Gasteiger charge is -2.07. The fourth-order valence-electron chi connectivity index (χ4n) is 1.13. The molecule has 0 heterocycles. The molecule has 1 atom stereocenters. The van der Waals surface area contributed by atoms with Gasteiger partial charge in [-0.25, -0.2) is 0 Å². The van der Waals surface area contributed by atoms with Gasteiger partial charge in [-0.15, -0.1) is 0 Å².